The summed E-state index contributed by atoms with van der Waals surface area (Å²) in [6.45, 7) is 1.81. The summed E-state index contributed by atoms with van der Waals surface area (Å²) in [5.74, 6) is -0.353. The van der Waals surface area contributed by atoms with E-state index in [1.165, 1.54) is 7.11 Å². The first kappa shape index (κ1) is 20.4. The zero-order chi connectivity index (χ0) is 20.8. The summed E-state index contributed by atoms with van der Waals surface area (Å²) in [4.78, 5) is 27.8. The number of methoxy groups -OCH3 is 1. The Morgan fingerprint density at radius 1 is 1.03 bits per heavy atom. The van der Waals surface area contributed by atoms with Crippen LogP contribution in [0.5, 0.6) is 0 Å². The molecule has 1 aliphatic carbocycles. The Hall–Kier alpha value is -1.92. The molecule has 0 N–H and O–H groups in total. The van der Waals surface area contributed by atoms with Crippen LogP contribution >= 0.6 is 31.9 Å². The predicted octanol–water partition coefficient (Wildman–Crippen LogP) is 4.90. The Bertz CT molecular complexity index is 959. The number of alkyl halides is 2. The van der Waals surface area contributed by atoms with Crippen LogP contribution in [0.3, 0.4) is 0 Å². The topological polar surface area (TPSA) is 46.6 Å². The van der Waals surface area contributed by atoms with Gasteiger partial charge in [-0.15, -0.1) is 0 Å². The number of ether oxygens (including phenoxy) is 1. The third kappa shape index (κ3) is 3.46. The minimum absolute atomic E-state index is 0.0223. The van der Waals surface area contributed by atoms with Crippen LogP contribution in [0.15, 0.2) is 72.4 Å². The highest BCUT2D eigenvalue weighted by molar-refractivity contribution is 9.25. The van der Waals surface area contributed by atoms with Crippen LogP contribution in [-0.2, 0) is 9.53 Å². The lowest BCUT2D eigenvalue weighted by Crippen LogP contribution is -2.42. The van der Waals surface area contributed by atoms with Crippen LogP contribution in [0.2, 0.25) is 0 Å². The molecule has 1 fully saturated rings. The van der Waals surface area contributed by atoms with E-state index < -0.39 is 9.28 Å². The maximum Gasteiger partial charge on any atom is 0.328 e. The fourth-order valence-corrected chi connectivity index (χ4v) is 6.09. The Kier molecular flexibility index (Phi) is 5.42. The number of benzene rings is 2. The van der Waals surface area contributed by atoms with E-state index in [4.69, 9.17) is 4.74 Å². The van der Waals surface area contributed by atoms with E-state index in [2.05, 4.69) is 44.0 Å². The summed E-state index contributed by atoms with van der Waals surface area (Å²) < 4.78 is 4.58. The first-order valence-electron chi connectivity index (χ1n) is 9.47. The second-order valence-corrected chi connectivity index (χ2v) is 11.1. The van der Waals surface area contributed by atoms with Gasteiger partial charge in [-0.3, -0.25) is 4.79 Å². The molecule has 0 saturated heterocycles. The summed E-state index contributed by atoms with van der Waals surface area (Å²) in [5.41, 5.74) is 2.41. The number of hydrogen-bond acceptors (Lipinski definition) is 4. The van der Waals surface area contributed by atoms with Crippen LogP contribution in [0.25, 0.3) is 0 Å². The van der Waals surface area contributed by atoms with Crippen molar-refractivity contribution >= 4 is 43.6 Å². The molecule has 2 unspecified atom stereocenters. The van der Waals surface area contributed by atoms with Crippen molar-refractivity contribution < 1.29 is 14.3 Å². The molecule has 0 aromatic heterocycles. The monoisotopic (exact) mass is 517 g/mol. The van der Waals surface area contributed by atoms with Gasteiger partial charge in [0.25, 0.3) is 0 Å². The van der Waals surface area contributed by atoms with Gasteiger partial charge in [0.1, 0.15) is 9.28 Å². The van der Waals surface area contributed by atoms with Crippen molar-refractivity contribution in [3.05, 3.63) is 83.6 Å². The summed E-state index contributed by atoms with van der Waals surface area (Å²) in [5, 5.41) is 0. The highest BCUT2D eigenvalue weighted by atomic mass is 79.9. The van der Waals surface area contributed by atoms with Gasteiger partial charge in [0.15, 0.2) is 5.78 Å². The third-order valence-corrected chi connectivity index (χ3v) is 7.82. The minimum atomic E-state index is -0.500. The molecule has 4 atom stereocenters. The third-order valence-electron chi connectivity index (χ3n) is 5.82. The van der Waals surface area contributed by atoms with E-state index in [0.717, 1.165) is 5.56 Å². The first-order chi connectivity index (χ1) is 13.9. The average molecular weight is 519 g/mol. The number of halogens is 2. The van der Waals surface area contributed by atoms with Gasteiger partial charge >= 0.3 is 5.97 Å². The molecular weight excluding hydrogens is 498 g/mol. The molecule has 4 nitrogen and oxygen atoms in total. The average Bonchev–Trinajstić information content (AvgIpc) is 3.34. The van der Waals surface area contributed by atoms with E-state index in [9.17, 15) is 9.59 Å². The summed E-state index contributed by atoms with van der Waals surface area (Å²) in [7, 11) is 1.38. The molecule has 0 spiro atoms. The summed E-state index contributed by atoms with van der Waals surface area (Å²) in [6, 6.07) is 18.9. The molecule has 150 valence electrons. The first-order valence-corrected chi connectivity index (χ1v) is 11.1. The molecule has 0 bridgehead atoms. The number of carbonyl (C=O) groups excluding carboxylic acids is 2. The number of Topliss-reactive ketones (excluding diaryl/α,β-unsaturated/α-hetero) is 1. The Balaban J connectivity index is 1.84. The summed E-state index contributed by atoms with van der Waals surface area (Å²) in [6.07, 6.45) is 1.86. The fraction of sp³-hybridized carbons (Fsp3) is 0.304. The fourth-order valence-electron chi connectivity index (χ4n) is 4.29. The van der Waals surface area contributed by atoms with Gasteiger partial charge in [0.2, 0.25) is 0 Å². The molecule has 0 radical (unpaired) electrons. The largest absolute Gasteiger partial charge is 0.467 e. The van der Waals surface area contributed by atoms with Crippen LogP contribution < -0.4 is 0 Å². The van der Waals surface area contributed by atoms with Gasteiger partial charge in [-0.25, -0.2) is 4.79 Å². The molecule has 2 aromatic carbocycles. The maximum atomic E-state index is 13.5. The number of rotatable bonds is 5. The second-order valence-electron chi connectivity index (χ2n) is 7.46. The maximum absolute atomic E-state index is 13.5. The van der Waals surface area contributed by atoms with Gasteiger partial charge < -0.3 is 9.64 Å². The zero-order valence-corrected chi connectivity index (χ0v) is 19.3. The molecule has 2 aliphatic rings. The van der Waals surface area contributed by atoms with E-state index in [-0.39, 0.29) is 29.6 Å². The van der Waals surface area contributed by atoms with Gasteiger partial charge in [-0.1, -0.05) is 92.5 Å². The Morgan fingerprint density at radius 3 is 2.21 bits per heavy atom. The van der Waals surface area contributed by atoms with Crippen molar-refractivity contribution in [2.75, 3.05) is 7.11 Å². The number of carbonyl (C=O) groups is 2. The van der Waals surface area contributed by atoms with Crippen molar-refractivity contribution in [1.29, 1.82) is 0 Å². The minimum Gasteiger partial charge on any atom is -0.467 e. The number of allylic oxidation sites excluding steroid dienone is 1. The van der Waals surface area contributed by atoms with Crippen LogP contribution in [0.1, 0.15) is 28.8 Å². The Labute approximate surface area is 187 Å². The number of esters is 1. The molecule has 1 aliphatic heterocycles. The van der Waals surface area contributed by atoms with Gasteiger partial charge in [0.05, 0.1) is 13.2 Å². The van der Waals surface area contributed by atoms with Gasteiger partial charge in [-0.2, -0.15) is 0 Å². The molecule has 6 heteroatoms. The van der Waals surface area contributed by atoms with E-state index >= 15 is 0 Å². The normalized spacial score (nSPS) is 25.4. The number of hydrogen-bond donors (Lipinski definition) is 0. The van der Waals surface area contributed by atoms with E-state index in [1.807, 2.05) is 59.6 Å². The Morgan fingerprint density at radius 2 is 1.62 bits per heavy atom. The zero-order valence-electron chi connectivity index (χ0n) is 16.1. The van der Waals surface area contributed by atoms with Crippen molar-refractivity contribution in [2.24, 2.45) is 5.92 Å². The van der Waals surface area contributed by atoms with Crippen molar-refractivity contribution in [2.45, 2.75) is 28.2 Å². The molecule has 29 heavy (non-hydrogen) atoms. The molecule has 0 amide bonds. The van der Waals surface area contributed by atoms with E-state index in [1.54, 1.807) is 6.92 Å². The highest BCUT2D eigenvalue weighted by Gasteiger charge is 2.70. The lowest BCUT2D eigenvalue weighted by molar-refractivity contribution is -0.145. The van der Waals surface area contributed by atoms with Crippen LogP contribution in [-0.4, -0.2) is 39.1 Å². The lowest BCUT2D eigenvalue weighted by atomic mass is 9.81. The molecule has 2 aromatic rings. The van der Waals surface area contributed by atoms with Gasteiger partial charge in [0, 0.05) is 29.2 Å². The second kappa shape index (κ2) is 7.73. The number of nitrogens with zero attached hydrogens (tertiary/aromatic N) is 1. The molecular formula is C23H21Br2NO3. The lowest BCUT2D eigenvalue weighted by Gasteiger charge is -2.34. The predicted molar refractivity (Wildman–Crippen MR) is 119 cm³/mol. The SMILES string of the molecule is COC(=O)C(C)N1C=C(C(=O)c2ccccc2)C(c2ccccc2)[C@H]2[C@@H]1C2(Br)Br. The van der Waals surface area contributed by atoms with Gasteiger partial charge in [-0.05, 0) is 12.5 Å². The van der Waals surface area contributed by atoms with Crippen molar-refractivity contribution in [1.82, 2.24) is 4.90 Å². The summed E-state index contributed by atoms with van der Waals surface area (Å²) >= 11 is 7.62. The highest BCUT2D eigenvalue weighted by Crippen LogP contribution is 2.68. The van der Waals surface area contributed by atoms with Crippen LogP contribution in [0, 0.1) is 5.92 Å². The molecule has 1 heterocycles. The molecule has 1 saturated carbocycles. The quantitative estimate of drug-likeness (QED) is 0.321. The molecule has 4 rings (SSSR count). The van der Waals surface area contributed by atoms with Crippen molar-refractivity contribution in [3.8, 4) is 0 Å². The number of fused-ring (bicyclic) bond motifs is 1. The van der Waals surface area contributed by atoms with Crippen LogP contribution in [0.4, 0.5) is 0 Å². The standard InChI is InChI=1S/C23H21Br2NO3/c1-14(22(28)29-2)26-13-17(20(27)16-11-7-4-8-12-16)18(15-9-5-3-6-10-15)19-21(26)23(19,24)25/h3-14,18-19,21H,1-2H3/t14?,18?,19-,21+/m0/s1. The van der Waals surface area contributed by atoms with Crippen molar-refractivity contribution in [3.63, 3.8) is 0 Å². The smallest absolute Gasteiger partial charge is 0.328 e. The number of ketones is 1. The van der Waals surface area contributed by atoms with E-state index in [0.29, 0.717) is 11.1 Å².